The summed E-state index contributed by atoms with van der Waals surface area (Å²) in [5, 5.41) is 20.1. The van der Waals surface area contributed by atoms with Crippen molar-refractivity contribution < 1.29 is 10.2 Å². The number of hydrogen-bond donors (Lipinski definition) is 2. The van der Waals surface area contributed by atoms with Gasteiger partial charge in [0.2, 0.25) is 0 Å². The van der Waals surface area contributed by atoms with E-state index in [1.54, 1.807) is 0 Å². The molecular formula is C22H36N2O2. The van der Waals surface area contributed by atoms with Gasteiger partial charge in [0.25, 0.3) is 0 Å². The van der Waals surface area contributed by atoms with Crippen LogP contribution in [0.5, 0.6) is 0 Å². The highest BCUT2D eigenvalue weighted by Crippen LogP contribution is 2.24. The fourth-order valence-electron chi connectivity index (χ4n) is 4.29. The largest absolute Gasteiger partial charge is 0.391 e. The van der Waals surface area contributed by atoms with E-state index in [1.807, 2.05) is 13.8 Å². The lowest BCUT2D eigenvalue weighted by Crippen LogP contribution is -2.54. The van der Waals surface area contributed by atoms with Crippen LogP contribution >= 0.6 is 0 Å². The molecule has 0 amide bonds. The summed E-state index contributed by atoms with van der Waals surface area (Å²) in [5.74, 6) is 0. The van der Waals surface area contributed by atoms with Gasteiger partial charge in [0.15, 0.2) is 0 Å². The third kappa shape index (κ3) is 5.78. The Kier molecular flexibility index (Phi) is 6.73. The normalized spacial score (nSPS) is 26.2. The molecule has 146 valence electrons. The Morgan fingerprint density at radius 1 is 0.962 bits per heavy atom. The first-order valence-electron chi connectivity index (χ1n) is 10.4. The third-order valence-corrected chi connectivity index (χ3v) is 6.02. The molecule has 2 aliphatic rings. The first kappa shape index (κ1) is 19.8. The summed E-state index contributed by atoms with van der Waals surface area (Å²) in [6, 6.07) is 9.26. The lowest BCUT2D eigenvalue weighted by molar-refractivity contribution is -0.00472. The Morgan fingerprint density at radius 3 is 2.19 bits per heavy atom. The minimum atomic E-state index is -0.593. The molecule has 1 saturated carbocycles. The van der Waals surface area contributed by atoms with E-state index >= 15 is 0 Å². The second-order valence-electron chi connectivity index (χ2n) is 8.86. The number of piperazine rings is 1. The van der Waals surface area contributed by atoms with Crippen LogP contribution in [-0.2, 0) is 13.0 Å². The van der Waals surface area contributed by atoms with E-state index in [2.05, 4.69) is 34.1 Å². The molecule has 0 radical (unpaired) electrons. The van der Waals surface area contributed by atoms with Crippen molar-refractivity contribution in [3.8, 4) is 0 Å². The maximum absolute atomic E-state index is 10.3. The maximum atomic E-state index is 10.3. The van der Waals surface area contributed by atoms with Gasteiger partial charge in [-0.1, -0.05) is 37.1 Å². The van der Waals surface area contributed by atoms with Crippen LogP contribution < -0.4 is 0 Å². The van der Waals surface area contributed by atoms with Gasteiger partial charge < -0.3 is 10.2 Å². The van der Waals surface area contributed by atoms with Gasteiger partial charge in [-0.15, -0.1) is 0 Å². The molecule has 2 unspecified atom stereocenters. The van der Waals surface area contributed by atoms with Crippen molar-refractivity contribution in [1.29, 1.82) is 0 Å². The Labute approximate surface area is 158 Å². The van der Waals surface area contributed by atoms with Crippen molar-refractivity contribution in [2.24, 2.45) is 0 Å². The van der Waals surface area contributed by atoms with Crippen molar-refractivity contribution in [3.05, 3.63) is 35.4 Å². The molecule has 1 aromatic rings. The van der Waals surface area contributed by atoms with Gasteiger partial charge in [-0.05, 0) is 50.7 Å². The van der Waals surface area contributed by atoms with Gasteiger partial charge in [-0.2, -0.15) is 0 Å². The average molecular weight is 361 g/mol. The number of aliphatic hydroxyl groups is 2. The number of aryl methyl sites for hydroxylation is 1. The smallest absolute Gasteiger partial charge is 0.0695 e. The number of rotatable bonds is 6. The topological polar surface area (TPSA) is 46.9 Å². The minimum absolute atomic E-state index is 0.119. The van der Waals surface area contributed by atoms with Gasteiger partial charge in [0, 0.05) is 38.8 Å². The molecule has 2 N–H and O–H groups in total. The quantitative estimate of drug-likeness (QED) is 0.819. The maximum Gasteiger partial charge on any atom is 0.0695 e. The number of aliphatic hydroxyl groups excluding tert-OH is 1. The molecule has 2 fully saturated rings. The van der Waals surface area contributed by atoms with Crippen LogP contribution in [0.2, 0.25) is 0 Å². The fraction of sp³-hybridized carbons (Fsp3) is 0.727. The molecule has 1 heterocycles. The van der Waals surface area contributed by atoms with Crippen LogP contribution in [0.4, 0.5) is 0 Å². The van der Waals surface area contributed by atoms with E-state index < -0.39 is 5.60 Å². The van der Waals surface area contributed by atoms with E-state index in [-0.39, 0.29) is 6.10 Å². The van der Waals surface area contributed by atoms with Crippen LogP contribution in [0.1, 0.15) is 57.1 Å². The standard InChI is InChI=1S/C22H36N2O2/c1-22(2,26)12-11-18-7-9-19(10-8-18)17-23-13-15-24(16-14-23)20-5-3-4-6-21(20)25/h7-10,20-21,25-26H,3-6,11-17H2,1-2H3. The summed E-state index contributed by atoms with van der Waals surface area (Å²) in [6.07, 6.45) is 6.18. The summed E-state index contributed by atoms with van der Waals surface area (Å²) < 4.78 is 0. The van der Waals surface area contributed by atoms with Crippen LogP contribution in [0, 0.1) is 0 Å². The summed E-state index contributed by atoms with van der Waals surface area (Å²) in [7, 11) is 0. The third-order valence-electron chi connectivity index (χ3n) is 6.02. The van der Waals surface area contributed by atoms with Crippen LogP contribution in [-0.4, -0.2) is 63.9 Å². The molecule has 0 aromatic heterocycles. The molecule has 4 nitrogen and oxygen atoms in total. The van der Waals surface area contributed by atoms with Gasteiger partial charge in [0.05, 0.1) is 11.7 Å². The SMILES string of the molecule is CC(C)(O)CCc1ccc(CN2CCN(C3CCCCC3O)CC2)cc1. The Morgan fingerprint density at radius 2 is 1.58 bits per heavy atom. The Bertz CT molecular complexity index is 544. The van der Waals surface area contributed by atoms with Crippen LogP contribution in [0.25, 0.3) is 0 Å². The summed E-state index contributed by atoms with van der Waals surface area (Å²) in [4.78, 5) is 5.04. The van der Waals surface area contributed by atoms with Crippen molar-refractivity contribution >= 4 is 0 Å². The molecule has 1 aliphatic heterocycles. The van der Waals surface area contributed by atoms with Crippen molar-refractivity contribution in [1.82, 2.24) is 9.80 Å². The second kappa shape index (κ2) is 8.83. The van der Waals surface area contributed by atoms with Crippen LogP contribution in [0.3, 0.4) is 0 Å². The Hall–Kier alpha value is -0.940. The number of benzene rings is 1. The first-order valence-corrected chi connectivity index (χ1v) is 10.4. The second-order valence-corrected chi connectivity index (χ2v) is 8.86. The monoisotopic (exact) mass is 360 g/mol. The lowest BCUT2D eigenvalue weighted by atomic mass is 9.91. The highest BCUT2D eigenvalue weighted by molar-refractivity contribution is 5.23. The van der Waals surface area contributed by atoms with Crippen molar-refractivity contribution in [2.75, 3.05) is 26.2 Å². The molecule has 1 aromatic carbocycles. The lowest BCUT2D eigenvalue weighted by Gasteiger charge is -2.42. The zero-order valence-corrected chi connectivity index (χ0v) is 16.5. The molecular weight excluding hydrogens is 324 g/mol. The van der Waals surface area contributed by atoms with Crippen molar-refractivity contribution in [2.45, 2.75) is 76.7 Å². The van der Waals surface area contributed by atoms with E-state index in [0.717, 1.165) is 58.4 Å². The van der Waals surface area contributed by atoms with Gasteiger partial charge in [-0.25, -0.2) is 0 Å². The number of nitrogens with zero attached hydrogens (tertiary/aromatic N) is 2. The van der Waals surface area contributed by atoms with E-state index in [9.17, 15) is 10.2 Å². The zero-order valence-electron chi connectivity index (χ0n) is 16.5. The van der Waals surface area contributed by atoms with Gasteiger partial charge in [0.1, 0.15) is 0 Å². The average Bonchev–Trinajstić information content (AvgIpc) is 2.62. The Balaban J connectivity index is 1.44. The van der Waals surface area contributed by atoms with Gasteiger partial charge >= 0.3 is 0 Å². The summed E-state index contributed by atoms with van der Waals surface area (Å²) in [6.45, 7) is 9.07. The molecule has 0 spiro atoms. The fourth-order valence-corrected chi connectivity index (χ4v) is 4.29. The van der Waals surface area contributed by atoms with E-state index in [1.165, 1.54) is 24.0 Å². The van der Waals surface area contributed by atoms with Crippen LogP contribution in [0.15, 0.2) is 24.3 Å². The molecule has 2 atom stereocenters. The highest BCUT2D eigenvalue weighted by atomic mass is 16.3. The van der Waals surface area contributed by atoms with E-state index in [4.69, 9.17) is 0 Å². The predicted molar refractivity (Wildman–Crippen MR) is 106 cm³/mol. The predicted octanol–water partition coefficient (Wildman–Crippen LogP) is 2.81. The zero-order chi connectivity index (χ0) is 18.6. The van der Waals surface area contributed by atoms with Gasteiger partial charge in [-0.3, -0.25) is 9.80 Å². The summed E-state index contributed by atoms with van der Waals surface area (Å²) >= 11 is 0. The minimum Gasteiger partial charge on any atom is -0.391 e. The molecule has 26 heavy (non-hydrogen) atoms. The first-order chi connectivity index (χ1) is 12.4. The molecule has 4 heteroatoms. The van der Waals surface area contributed by atoms with Crippen molar-refractivity contribution in [3.63, 3.8) is 0 Å². The molecule has 3 rings (SSSR count). The molecule has 0 bridgehead atoms. The number of hydrogen-bond acceptors (Lipinski definition) is 4. The molecule has 1 aliphatic carbocycles. The van der Waals surface area contributed by atoms with E-state index in [0.29, 0.717) is 6.04 Å². The summed E-state index contributed by atoms with van der Waals surface area (Å²) in [5.41, 5.74) is 2.07. The molecule has 1 saturated heterocycles. The highest BCUT2D eigenvalue weighted by Gasteiger charge is 2.30.